The SMILES string of the molecule is C=Nc1c(Cl)cc(N[C@H](C2=CN(C3(C(F)(F)F)CC3)NN2)c2cccc(-c3ccn(C)n3)c2C)cc1/C(NCC(C)(C)C)=C(\C)C#N. The molecule has 0 bridgehead atoms. The summed E-state index contributed by atoms with van der Waals surface area (Å²) in [5.41, 5.74) is 10.0. The summed E-state index contributed by atoms with van der Waals surface area (Å²) >= 11 is 6.79. The number of halogens is 4. The first kappa shape index (κ1) is 33.9. The third kappa shape index (κ3) is 6.82. The van der Waals surface area contributed by atoms with Crippen LogP contribution in [0.3, 0.4) is 0 Å². The van der Waals surface area contributed by atoms with Gasteiger partial charge in [0.15, 0.2) is 5.54 Å². The number of nitriles is 1. The van der Waals surface area contributed by atoms with E-state index in [0.29, 0.717) is 45.5 Å². The maximum atomic E-state index is 14.1. The van der Waals surface area contributed by atoms with Gasteiger partial charge in [-0.1, -0.05) is 50.6 Å². The summed E-state index contributed by atoms with van der Waals surface area (Å²) in [6, 6.07) is 12.8. The molecular formula is C34H39ClF3N9. The minimum absolute atomic E-state index is 0.00878. The first-order valence-corrected chi connectivity index (χ1v) is 15.6. The fourth-order valence-electron chi connectivity index (χ4n) is 5.65. The lowest BCUT2D eigenvalue weighted by Crippen LogP contribution is -2.52. The molecule has 1 aromatic heterocycles. The van der Waals surface area contributed by atoms with Crippen molar-refractivity contribution in [3.8, 4) is 17.3 Å². The number of rotatable bonds is 10. The molecule has 3 aromatic rings. The van der Waals surface area contributed by atoms with Gasteiger partial charge in [-0.3, -0.25) is 14.7 Å². The number of anilines is 1. The first-order chi connectivity index (χ1) is 22.1. The standard InChI is InChI=1S/C34H39ClF3N9/c1-20(17-39)29(41-19-32(3,4)5)25-15-22(16-26(35)30(25)40-6)42-31(28-18-47(45-43-28)33(12-13-33)34(36,37)38)24-10-8-9-23(21(24)2)27-11-14-46(7)44-27/h8-11,14-16,18,31,41-43,45H,6,12-13,19H2,1-5,7H3/b29-20-/t31-/m0/s1. The quantitative estimate of drug-likeness (QED) is 0.130. The van der Waals surface area contributed by atoms with E-state index in [0.717, 1.165) is 27.4 Å². The van der Waals surface area contributed by atoms with Gasteiger partial charge in [0.1, 0.15) is 0 Å². The zero-order valence-corrected chi connectivity index (χ0v) is 28.0. The Labute approximate surface area is 278 Å². The van der Waals surface area contributed by atoms with Crippen molar-refractivity contribution in [3.05, 3.63) is 81.8 Å². The van der Waals surface area contributed by atoms with Gasteiger partial charge in [0, 0.05) is 42.8 Å². The summed E-state index contributed by atoms with van der Waals surface area (Å²) in [5, 5.41) is 22.8. The molecule has 0 amide bonds. The van der Waals surface area contributed by atoms with Crippen LogP contribution in [0.2, 0.25) is 5.02 Å². The van der Waals surface area contributed by atoms with Crippen molar-refractivity contribution in [2.75, 3.05) is 11.9 Å². The molecule has 248 valence electrons. The molecule has 0 spiro atoms. The molecule has 2 aliphatic rings. The summed E-state index contributed by atoms with van der Waals surface area (Å²) in [6.45, 7) is 14.2. The van der Waals surface area contributed by atoms with Crippen molar-refractivity contribution in [1.82, 2.24) is 31.1 Å². The molecule has 0 saturated heterocycles. The fourth-order valence-corrected chi connectivity index (χ4v) is 5.93. The maximum Gasteiger partial charge on any atom is 0.413 e. The summed E-state index contributed by atoms with van der Waals surface area (Å²) in [5.74, 6) is 0. The second kappa shape index (κ2) is 12.6. The number of aliphatic imine (C=N–C) groups is 1. The van der Waals surface area contributed by atoms with Crippen LogP contribution in [0.25, 0.3) is 17.0 Å². The Morgan fingerprint density at radius 3 is 2.53 bits per heavy atom. The third-order valence-corrected chi connectivity index (χ3v) is 8.72. The Morgan fingerprint density at radius 2 is 1.96 bits per heavy atom. The van der Waals surface area contributed by atoms with Crippen molar-refractivity contribution in [2.24, 2.45) is 17.5 Å². The molecule has 4 N–H and O–H groups in total. The second-order valence-corrected chi connectivity index (χ2v) is 13.6. The predicted molar refractivity (Wildman–Crippen MR) is 180 cm³/mol. The van der Waals surface area contributed by atoms with Gasteiger partial charge in [-0.05, 0) is 68.1 Å². The Hall–Kier alpha value is -4.47. The normalized spacial score (nSPS) is 16.9. The van der Waals surface area contributed by atoms with Crippen molar-refractivity contribution in [1.29, 1.82) is 5.26 Å². The number of benzene rings is 2. The molecule has 13 heteroatoms. The van der Waals surface area contributed by atoms with Crippen molar-refractivity contribution < 1.29 is 13.2 Å². The van der Waals surface area contributed by atoms with Gasteiger partial charge in [0.05, 0.1) is 45.5 Å². The molecule has 1 saturated carbocycles. The van der Waals surface area contributed by atoms with Crippen LogP contribution in [-0.4, -0.2) is 39.8 Å². The van der Waals surface area contributed by atoms with E-state index in [2.05, 4.69) is 65.2 Å². The van der Waals surface area contributed by atoms with Gasteiger partial charge in [-0.15, -0.1) is 5.53 Å². The maximum absolute atomic E-state index is 14.1. The van der Waals surface area contributed by atoms with Gasteiger partial charge in [0.25, 0.3) is 0 Å². The number of alkyl halides is 3. The van der Waals surface area contributed by atoms with Crippen molar-refractivity contribution in [2.45, 2.75) is 65.2 Å². The van der Waals surface area contributed by atoms with Crippen molar-refractivity contribution in [3.63, 3.8) is 0 Å². The smallest absolute Gasteiger partial charge is 0.383 e. The molecule has 2 heterocycles. The van der Waals surface area contributed by atoms with Gasteiger partial charge < -0.3 is 16.1 Å². The average molecular weight is 666 g/mol. The zero-order chi connectivity index (χ0) is 34.3. The van der Waals surface area contributed by atoms with E-state index in [1.165, 1.54) is 6.20 Å². The highest BCUT2D eigenvalue weighted by atomic mass is 35.5. The lowest BCUT2D eigenvalue weighted by Gasteiger charge is -2.28. The van der Waals surface area contributed by atoms with Crippen LogP contribution in [0.15, 0.2) is 65.1 Å². The monoisotopic (exact) mass is 665 g/mol. The molecule has 1 aliphatic heterocycles. The van der Waals surface area contributed by atoms with Crippen LogP contribution in [0.4, 0.5) is 24.5 Å². The molecule has 1 aliphatic carbocycles. The third-order valence-electron chi connectivity index (χ3n) is 8.43. The van der Waals surface area contributed by atoms with Crippen LogP contribution >= 0.6 is 11.6 Å². The molecule has 9 nitrogen and oxygen atoms in total. The van der Waals surface area contributed by atoms with Crippen LogP contribution in [0.1, 0.15) is 63.3 Å². The highest BCUT2D eigenvalue weighted by Crippen LogP contribution is 2.54. The first-order valence-electron chi connectivity index (χ1n) is 15.2. The Bertz CT molecular complexity index is 1790. The summed E-state index contributed by atoms with van der Waals surface area (Å²) in [7, 11) is 1.84. The molecule has 1 fully saturated rings. The predicted octanol–water partition coefficient (Wildman–Crippen LogP) is 7.69. The van der Waals surface area contributed by atoms with E-state index < -0.39 is 17.8 Å². The lowest BCUT2D eigenvalue weighted by atomic mass is 9.93. The van der Waals surface area contributed by atoms with Gasteiger partial charge in [-0.25, -0.2) is 0 Å². The molecular weight excluding hydrogens is 627 g/mol. The Kier molecular flexibility index (Phi) is 9.10. The van der Waals surface area contributed by atoms with E-state index >= 15 is 0 Å². The second-order valence-electron chi connectivity index (χ2n) is 13.2. The lowest BCUT2D eigenvalue weighted by molar-refractivity contribution is -0.195. The van der Waals surface area contributed by atoms with E-state index in [9.17, 15) is 18.4 Å². The summed E-state index contributed by atoms with van der Waals surface area (Å²) in [6.07, 6.45) is -1.10. The number of hydrogen-bond acceptors (Lipinski definition) is 8. The van der Waals surface area contributed by atoms with Gasteiger partial charge >= 0.3 is 6.18 Å². The number of nitrogens with zero attached hydrogens (tertiary/aromatic N) is 5. The Morgan fingerprint density at radius 1 is 1.23 bits per heavy atom. The largest absolute Gasteiger partial charge is 0.413 e. The molecule has 2 aromatic carbocycles. The summed E-state index contributed by atoms with van der Waals surface area (Å²) < 4.78 is 44.0. The number of aromatic nitrogens is 2. The van der Waals surface area contributed by atoms with E-state index in [1.807, 2.05) is 50.5 Å². The van der Waals surface area contributed by atoms with Gasteiger partial charge in [0.2, 0.25) is 0 Å². The van der Waals surface area contributed by atoms with E-state index in [-0.39, 0.29) is 18.3 Å². The molecule has 0 unspecified atom stereocenters. The van der Waals surface area contributed by atoms with Crippen LogP contribution in [0, 0.1) is 23.7 Å². The van der Waals surface area contributed by atoms with E-state index in [4.69, 9.17) is 11.6 Å². The number of aryl methyl sites for hydroxylation is 1. The van der Waals surface area contributed by atoms with Crippen LogP contribution < -0.4 is 21.6 Å². The molecule has 0 radical (unpaired) electrons. The van der Waals surface area contributed by atoms with Gasteiger partial charge in [-0.2, -0.15) is 23.5 Å². The number of allylic oxidation sites excluding steroid dienone is 1. The molecule has 1 atom stereocenters. The molecule has 47 heavy (non-hydrogen) atoms. The fraction of sp³-hybridized carbons (Fsp3) is 0.382. The van der Waals surface area contributed by atoms with Crippen molar-refractivity contribution >= 4 is 35.4 Å². The van der Waals surface area contributed by atoms with Crippen LogP contribution in [-0.2, 0) is 7.05 Å². The highest BCUT2D eigenvalue weighted by Gasteiger charge is 2.67. The number of hydrazine groups is 2. The minimum atomic E-state index is -4.41. The Balaban J connectivity index is 1.63. The molecule has 5 rings (SSSR count). The topological polar surface area (TPSA) is 105 Å². The highest BCUT2D eigenvalue weighted by molar-refractivity contribution is 6.33. The summed E-state index contributed by atoms with van der Waals surface area (Å²) in [4.78, 5) is 4.19. The zero-order valence-electron chi connectivity index (χ0n) is 27.3. The average Bonchev–Trinajstić information content (AvgIpc) is 3.49. The number of hydrogen-bond donors (Lipinski definition) is 4. The van der Waals surface area contributed by atoms with Crippen LogP contribution in [0.5, 0.6) is 0 Å². The van der Waals surface area contributed by atoms with E-state index in [1.54, 1.807) is 17.7 Å². The minimum Gasteiger partial charge on any atom is -0.383 e. The number of nitrogens with one attached hydrogen (secondary N) is 4.